The zero-order valence-corrected chi connectivity index (χ0v) is 28.0. The molecule has 0 fully saturated rings. The topological polar surface area (TPSA) is 6.48 Å². The van der Waals surface area contributed by atoms with E-state index in [1.165, 1.54) is 40.6 Å². The number of nitrogens with zero attached hydrogens (tertiary/aromatic N) is 2. The summed E-state index contributed by atoms with van der Waals surface area (Å²) >= 11 is 7.19. The number of anilines is 6. The molecule has 0 bridgehead atoms. The lowest BCUT2D eigenvalue weighted by molar-refractivity contribution is 1.32. The zero-order valence-electron chi connectivity index (χ0n) is 24.7. The van der Waals surface area contributed by atoms with Crippen LogP contribution in [0, 0.1) is 0 Å². The van der Waals surface area contributed by atoms with Crippen LogP contribution in [0.2, 0.25) is 0 Å². The van der Waals surface area contributed by atoms with Crippen molar-refractivity contribution in [2.45, 2.75) is 0 Å². The van der Waals surface area contributed by atoms with Crippen LogP contribution in [-0.4, -0.2) is 0 Å². The third-order valence-corrected chi connectivity index (χ3v) is 11.9. The van der Waals surface area contributed by atoms with E-state index in [4.69, 9.17) is 0 Å². The monoisotopic (exact) mass is 664 g/mol. The molecule has 0 amide bonds. The van der Waals surface area contributed by atoms with Gasteiger partial charge in [0.25, 0.3) is 0 Å². The minimum absolute atomic E-state index is 1.15. The molecule has 0 saturated heterocycles. The highest BCUT2D eigenvalue weighted by atomic mass is 32.1. The van der Waals surface area contributed by atoms with Gasteiger partial charge in [0.1, 0.15) is 10.0 Å². The average molecular weight is 665 g/mol. The Morgan fingerprint density at radius 3 is 1.07 bits per heavy atom. The largest absolute Gasteiger partial charge is 0.302 e. The van der Waals surface area contributed by atoms with E-state index in [1.54, 1.807) is 22.7 Å². The molecule has 2 nitrogen and oxygen atoms in total. The molecule has 0 aliphatic carbocycles. The van der Waals surface area contributed by atoms with Crippen LogP contribution in [-0.2, 0) is 0 Å². The maximum Gasteiger partial charge on any atom is 0.101 e. The van der Waals surface area contributed by atoms with Gasteiger partial charge in [-0.05, 0) is 107 Å². The second kappa shape index (κ2) is 12.9. The van der Waals surface area contributed by atoms with Crippen molar-refractivity contribution >= 4 is 78.1 Å². The number of benzene rings is 4. The summed E-state index contributed by atoms with van der Waals surface area (Å²) in [5, 5.41) is 6.63. The smallest absolute Gasteiger partial charge is 0.101 e. The molecule has 6 heteroatoms. The van der Waals surface area contributed by atoms with E-state index < -0.39 is 0 Å². The maximum absolute atomic E-state index is 2.35. The third kappa shape index (κ3) is 5.84. The summed E-state index contributed by atoms with van der Waals surface area (Å²) in [5.41, 5.74) is 7.07. The summed E-state index contributed by atoms with van der Waals surface area (Å²) in [6.07, 6.45) is 0. The van der Waals surface area contributed by atoms with Gasteiger partial charge in [-0.2, -0.15) is 0 Å². The number of para-hydroxylation sites is 2. The standard InChI is InChI=1S/C40H28N2S4/c1-3-9-31(10-4-1)41(33-19-15-29(16-20-33)35-13-7-27-43-35)39-25-23-37(45-39)38-24-26-40(46-38)42(32-11-5-2-6-12-32)34-21-17-30(18-22-34)36-14-8-28-44-36/h1-28H. The Morgan fingerprint density at radius 2 is 0.696 bits per heavy atom. The number of rotatable bonds is 9. The second-order valence-corrected chi connectivity index (χ2v) is 14.7. The third-order valence-electron chi connectivity index (χ3n) is 7.76. The molecule has 0 aliphatic heterocycles. The Morgan fingerprint density at radius 1 is 0.304 bits per heavy atom. The fourth-order valence-electron chi connectivity index (χ4n) is 5.56. The molecule has 0 unspecified atom stereocenters. The Labute approximate surface area is 285 Å². The van der Waals surface area contributed by atoms with Crippen molar-refractivity contribution < 1.29 is 0 Å². The summed E-state index contributed by atoms with van der Waals surface area (Å²) in [6.45, 7) is 0. The van der Waals surface area contributed by atoms with E-state index in [0.717, 1.165) is 22.7 Å². The summed E-state index contributed by atoms with van der Waals surface area (Å²) < 4.78 is 0. The molecule has 4 heterocycles. The van der Waals surface area contributed by atoms with E-state index in [-0.39, 0.29) is 0 Å². The van der Waals surface area contributed by atoms with Crippen LogP contribution in [0.15, 0.2) is 168 Å². The highest BCUT2D eigenvalue weighted by Gasteiger charge is 2.19. The summed E-state index contributed by atoms with van der Waals surface area (Å²) in [5.74, 6) is 0. The molecule has 4 aromatic carbocycles. The number of hydrogen-bond acceptors (Lipinski definition) is 6. The first-order valence-electron chi connectivity index (χ1n) is 15.0. The van der Waals surface area contributed by atoms with Crippen LogP contribution in [0.3, 0.4) is 0 Å². The van der Waals surface area contributed by atoms with Crippen molar-refractivity contribution in [3.63, 3.8) is 0 Å². The molecular weight excluding hydrogens is 637 g/mol. The lowest BCUT2D eigenvalue weighted by atomic mass is 10.1. The van der Waals surface area contributed by atoms with Crippen LogP contribution < -0.4 is 9.80 Å². The van der Waals surface area contributed by atoms with Gasteiger partial charge in [-0.3, -0.25) is 0 Å². The van der Waals surface area contributed by atoms with Crippen molar-refractivity contribution in [3.8, 4) is 30.6 Å². The summed E-state index contributed by atoms with van der Waals surface area (Å²) in [7, 11) is 0. The molecule has 4 aromatic heterocycles. The Kier molecular flexibility index (Phi) is 8.09. The zero-order chi connectivity index (χ0) is 30.7. The van der Waals surface area contributed by atoms with E-state index >= 15 is 0 Å². The summed E-state index contributed by atoms with van der Waals surface area (Å²) in [4.78, 5) is 9.78. The van der Waals surface area contributed by atoms with Gasteiger partial charge in [0, 0.05) is 42.3 Å². The Bertz CT molecular complexity index is 1970. The van der Waals surface area contributed by atoms with Gasteiger partial charge in [-0.15, -0.1) is 45.3 Å². The Hall–Kier alpha value is -4.72. The van der Waals surface area contributed by atoms with Crippen molar-refractivity contribution in [2.24, 2.45) is 0 Å². The van der Waals surface area contributed by atoms with E-state index in [9.17, 15) is 0 Å². The predicted molar refractivity (Wildman–Crippen MR) is 204 cm³/mol. The quantitative estimate of drug-likeness (QED) is 0.151. The van der Waals surface area contributed by atoms with Crippen LogP contribution in [0.1, 0.15) is 0 Å². The highest BCUT2D eigenvalue weighted by Crippen LogP contribution is 2.47. The van der Waals surface area contributed by atoms with Gasteiger partial charge in [-0.25, -0.2) is 0 Å². The van der Waals surface area contributed by atoms with Gasteiger partial charge in [0.15, 0.2) is 0 Å². The maximum atomic E-state index is 2.35. The lowest BCUT2D eigenvalue weighted by Gasteiger charge is -2.24. The van der Waals surface area contributed by atoms with Crippen molar-refractivity contribution in [3.05, 3.63) is 168 Å². The van der Waals surface area contributed by atoms with Crippen LogP contribution in [0.25, 0.3) is 30.6 Å². The molecule has 0 N–H and O–H groups in total. The van der Waals surface area contributed by atoms with Gasteiger partial charge >= 0.3 is 0 Å². The van der Waals surface area contributed by atoms with E-state index in [0.29, 0.717) is 0 Å². The van der Waals surface area contributed by atoms with Crippen LogP contribution in [0.4, 0.5) is 32.8 Å². The SMILES string of the molecule is c1ccc(N(c2ccc(-c3cccs3)cc2)c2ccc(-c3ccc(N(c4ccccc4)c4ccc(-c5cccs5)cc4)s3)s2)cc1. The molecule has 0 radical (unpaired) electrons. The normalized spacial score (nSPS) is 11.0. The van der Waals surface area contributed by atoms with Crippen LogP contribution in [0.5, 0.6) is 0 Å². The van der Waals surface area contributed by atoms with Crippen molar-refractivity contribution in [2.75, 3.05) is 9.80 Å². The van der Waals surface area contributed by atoms with Gasteiger partial charge in [0.05, 0.1) is 0 Å². The first-order chi connectivity index (χ1) is 22.8. The molecule has 8 aromatic rings. The molecule has 8 rings (SSSR count). The van der Waals surface area contributed by atoms with Gasteiger partial charge in [0.2, 0.25) is 0 Å². The Balaban J connectivity index is 1.12. The fourth-order valence-corrected chi connectivity index (χ4v) is 9.21. The lowest BCUT2D eigenvalue weighted by Crippen LogP contribution is -2.07. The predicted octanol–water partition coefficient (Wildman–Crippen LogP) is 13.9. The highest BCUT2D eigenvalue weighted by molar-refractivity contribution is 7.26. The van der Waals surface area contributed by atoms with Crippen LogP contribution >= 0.6 is 45.3 Å². The first kappa shape index (κ1) is 28.7. The molecule has 0 spiro atoms. The first-order valence-corrected chi connectivity index (χ1v) is 18.4. The number of hydrogen-bond donors (Lipinski definition) is 0. The summed E-state index contributed by atoms with van der Waals surface area (Å²) in [6, 6.07) is 56.7. The second-order valence-electron chi connectivity index (χ2n) is 10.7. The molecule has 0 saturated carbocycles. The molecule has 0 atom stereocenters. The van der Waals surface area contributed by atoms with E-state index in [2.05, 4.69) is 178 Å². The minimum atomic E-state index is 1.15. The molecular formula is C40H28N2S4. The van der Waals surface area contributed by atoms with Gasteiger partial charge < -0.3 is 9.80 Å². The molecule has 0 aliphatic rings. The average Bonchev–Trinajstić information content (AvgIpc) is 3.96. The van der Waals surface area contributed by atoms with Crippen molar-refractivity contribution in [1.29, 1.82) is 0 Å². The van der Waals surface area contributed by atoms with Crippen molar-refractivity contribution in [1.82, 2.24) is 0 Å². The van der Waals surface area contributed by atoms with E-state index in [1.807, 2.05) is 22.7 Å². The number of thiophene rings is 4. The molecule has 222 valence electrons. The minimum Gasteiger partial charge on any atom is -0.302 e. The fraction of sp³-hybridized carbons (Fsp3) is 0. The van der Waals surface area contributed by atoms with Gasteiger partial charge in [-0.1, -0.05) is 72.8 Å². The molecule has 46 heavy (non-hydrogen) atoms.